The van der Waals surface area contributed by atoms with Crippen molar-refractivity contribution >= 4 is 16.9 Å². The number of aryl methyl sites for hydroxylation is 4. The zero-order valence-corrected chi connectivity index (χ0v) is 20.0. The minimum Gasteiger partial charge on any atom is -0.379 e. The van der Waals surface area contributed by atoms with Gasteiger partial charge in [0.25, 0.3) is 5.56 Å². The number of amides is 1. The number of ether oxygens (including phenoxy) is 1. The molecule has 2 aromatic heterocycles. The van der Waals surface area contributed by atoms with Gasteiger partial charge in [-0.05, 0) is 44.9 Å². The highest BCUT2D eigenvalue weighted by Gasteiger charge is 2.20. The molecule has 1 N–H and O–H groups in total. The molecule has 1 aliphatic heterocycles. The lowest BCUT2D eigenvalue weighted by Crippen LogP contribution is -2.41. The van der Waals surface area contributed by atoms with E-state index in [-0.39, 0.29) is 17.9 Å². The van der Waals surface area contributed by atoms with Crippen molar-refractivity contribution in [3.05, 3.63) is 57.0 Å². The van der Waals surface area contributed by atoms with Crippen LogP contribution in [0.5, 0.6) is 0 Å². The predicted molar refractivity (Wildman–Crippen MR) is 129 cm³/mol. The molecule has 0 radical (unpaired) electrons. The van der Waals surface area contributed by atoms with Crippen molar-refractivity contribution in [1.82, 2.24) is 24.6 Å². The molecule has 3 heterocycles. The summed E-state index contributed by atoms with van der Waals surface area (Å²) in [4.78, 5) is 28.0. The van der Waals surface area contributed by atoms with E-state index in [1.54, 1.807) is 11.6 Å². The van der Waals surface area contributed by atoms with Crippen LogP contribution in [-0.2, 0) is 23.0 Å². The van der Waals surface area contributed by atoms with E-state index in [2.05, 4.69) is 10.2 Å². The monoisotopic (exact) mass is 451 g/mol. The van der Waals surface area contributed by atoms with Crippen molar-refractivity contribution in [1.29, 1.82) is 0 Å². The summed E-state index contributed by atoms with van der Waals surface area (Å²) in [5.41, 5.74) is 5.25. The van der Waals surface area contributed by atoms with Crippen molar-refractivity contribution in [2.45, 2.75) is 33.6 Å². The largest absolute Gasteiger partial charge is 0.379 e. The number of benzene rings is 1. The van der Waals surface area contributed by atoms with Gasteiger partial charge in [-0.2, -0.15) is 5.10 Å². The highest BCUT2D eigenvalue weighted by atomic mass is 16.5. The molecule has 0 aliphatic carbocycles. The van der Waals surface area contributed by atoms with E-state index in [4.69, 9.17) is 9.84 Å². The van der Waals surface area contributed by atoms with Crippen LogP contribution in [0.1, 0.15) is 28.8 Å². The fourth-order valence-corrected chi connectivity index (χ4v) is 4.54. The molecule has 0 unspecified atom stereocenters. The normalized spacial score (nSPS) is 14.7. The number of hydrogen-bond donors (Lipinski definition) is 1. The van der Waals surface area contributed by atoms with Crippen LogP contribution in [0.15, 0.2) is 29.1 Å². The minimum atomic E-state index is -0.0746. The van der Waals surface area contributed by atoms with E-state index >= 15 is 0 Å². The lowest BCUT2D eigenvalue weighted by Gasteiger charge is -2.26. The van der Waals surface area contributed by atoms with Crippen LogP contribution in [0.4, 0.5) is 0 Å². The maximum absolute atomic E-state index is 13.3. The Morgan fingerprint density at radius 3 is 2.52 bits per heavy atom. The number of aromatic nitrogens is 3. The number of morpholine rings is 1. The first-order valence-corrected chi connectivity index (χ1v) is 11.6. The average molecular weight is 452 g/mol. The van der Waals surface area contributed by atoms with E-state index in [0.717, 1.165) is 60.8 Å². The molecule has 0 saturated carbocycles. The van der Waals surface area contributed by atoms with Crippen LogP contribution < -0.4 is 10.9 Å². The Balaban J connectivity index is 1.51. The van der Waals surface area contributed by atoms with Gasteiger partial charge in [-0.15, -0.1) is 0 Å². The third-order valence-electron chi connectivity index (χ3n) is 6.48. The van der Waals surface area contributed by atoms with E-state index in [1.165, 1.54) is 5.56 Å². The maximum Gasteiger partial charge on any atom is 0.255 e. The summed E-state index contributed by atoms with van der Waals surface area (Å²) in [6.07, 6.45) is 0.697. The Labute approximate surface area is 194 Å². The summed E-state index contributed by atoms with van der Waals surface area (Å²) in [6.45, 7) is 10.7. The smallest absolute Gasteiger partial charge is 0.255 e. The van der Waals surface area contributed by atoms with Crippen molar-refractivity contribution in [3.8, 4) is 5.69 Å². The Morgan fingerprint density at radius 1 is 1.12 bits per heavy atom. The van der Waals surface area contributed by atoms with E-state index in [9.17, 15) is 9.59 Å². The van der Waals surface area contributed by atoms with Crippen molar-refractivity contribution in [2.75, 3.05) is 39.4 Å². The molecule has 1 saturated heterocycles. The molecule has 3 aromatic rings. The molecule has 0 spiro atoms. The van der Waals surface area contributed by atoms with Crippen LogP contribution in [-0.4, -0.2) is 64.5 Å². The molecular weight excluding hydrogens is 418 g/mol. The average Bonchev–Trinajstić information content (AvgIpc) is 3.16. The first kappa shape index (κ1) is 23.2. The lowest BCUT2D eigenvalue weighted by atomic mass is 10.0. The van der Waals surface area contributed by atoms with E-state index in [0.29, 0.717) is 18.5 Å². The Bertz CT molecular complexity index is 1200. The first-order chi connectivity index (χ1) is 15.9. The van der Waals surface area contributed by atoms with Crippen molar-refractivity contribution < 1.29 is 9.53 Å². The van der Waals surface area contributed by atoms with Crippen LogP contribution in [0, 0.1) is 20.8 Å². The number of carbonyl (C=O) groups excluding carboxylic acids is 1. The number of nitrogens with zero attached hydrogens (tertiary/aromatic N) is 4. The van der Waals surface area contributed by atoms with Gasteiger partial charge in [0.1, 0.15) is 5.65 Å². The molecule has 1 fully saturated rings. The molecule has 0 atom stereocenters. The number of rotatable bonds is 7. The topological polar surface area (TPSA) is 81.4 Å². The minimum absolute atomic E-state index is 0.0307. The second kappa shape index (κ2) is 9.89. The molecule has 1 amide bonds. The zero-order chi connectivity index (χ0) is 23.5. The molecule has 4 rings (SSSR count). The summed E-state index contributed by atoms with van der Waals surface area (Å²) < 4.78 is 8.84. The highest BCUT2D eigenvalue weighted by Crippen LogP contribution is 2.26. The van der Waals surface area contributed by atoms with Gasteiger partial charge in [-0.25, -0.2) is 4.68 Å². The molecule has 176 valence electrons. The molecule has 1 aliphatic rings. The molecule has 33 heavy (non-hydrogen) atoms. The van der Waals surface area contributed by atoms with E-state index < -0.39 is 0 Å². The van der Waals surface area contributed by atoms with Gasteiger partial charge < -0.3 is 10.1 Å². The molecule has 8 nitrogen and oxygen atoms in total. The van der Waals surface area contributed by atoms with E-state index in [1.807, 2.05) is 49.7 Å². The van der Waals surface area contributed by atoms with Gasteiger partial charge in [0, 0.05) is 50.6 Å². The SMILES string of the molecule is Cc1ccc(-n2nc(C)c3c(C)c(CCC(=O)NCCN4CCOCC4)c(=O)n(C)c32)cc1. The maximum atomic E-state index is 13.3. The Kier molecular flexibility index (Phi) is 6.95. The first-order valence-electron chi connectivity index (χ1n) is 11.6. The summed E-state index contributed by atoms with van der Waals surface area (Å²) in [6, 6.07) is 8.09. The second-order valence-electron chi connectivity index (χ2n) is 8.80. The van der Waals surface area contributed by atoms with Crippen molar-refractivity contribution in [2.24, 2.45) is 7.05 Å². The fraction of sp³-hybridized carbons (Fsp3) is 0.480. The van der Waals surface area contributed by atoms with Gasteiger partial charge >= 0.3 is 0 Å². The van der Waals surface area contributed by atoms with Crippen molar-refractivity contribution in [3.63, 3.8) is 0 Å². The Morgan fingerprint density at radius 2 is 1.82 bits per heavy atom. The lowest BCUT2D eigenvalue weighted by molar-refractivity contribution is -0.121. The van der Waals surface area contributed by atoms with Crippen LogP contribution in [0.2, 0.25) is 0 Å². The number of pyridine rings is 1. The van der Waals surface area contributed by atoms with Crippen LogP contribution in [0.25, 0.3) is 16.7 Å². The number of nitrogens with one attached hydrogen (secondary N) is 1. The van der Waals surface area contributed by atoms with Gasteiger partial charge in [0.15, 0.2) is 0 Å². The van der Waals surface area contributed by atoms with Gasteiger partial charge in [0.05, 0.1) is 24.6 Å². The fourth-order valence-electron chi connectivity index (χ4n) is 4.54. The molecular formula is C25H33N5O3. The molecule has 8 heteroatoms. The van der Waals surface area contributed by atoms with Crippen LogP contribution in [0.3, 0.4) is 0 Å². The third-order valence-corrected chi connectivity index (χ3v) is 6.48. The second-order valence-corrected chi connectivity index (χ2v) is 8.80. The van der Waals surface area contributed by atoms with Crippen LogP contribution >= 0.6 is 0 Å². The number of carbonyl (C=O) groups is 1. The van der Waals surface area contributed by atoms with Gasteiger partial charge in [-0.3, -0.25) is 19.1 Å². The highest BCUT2D eigenvalue weighted by molar-refractivity contribution is 5.85. The van der Waals surface area contributed by atoms with Gasteiger partial charge in [0.2, 0.25) is 5.91 Å². The summed E-state index contributed by atoms with van der Waals surface area (Å²) >= 11 is 0. The molecule has 0 bridgehead atoms. The zero-order valence-electron chi connectivity index (χ0n) is 20.0. The van der Waals surface area contributed by atoms with Gasteiger partial charge in [-0.1, -0.05) is 17.7 Å². The third kappa shape index (κ3) is 4.86. The number of fused-ring (bicyclic) bond motifs is 1. The quantitative estimate of drug-likeness (QED) is 0.595. The predicted octanol–water partition coefficient (Wildman–Crippen LogP) is 2.03. The summed E-state index contributed by atoms with van der Waals surface area (Å²) in [7, 11) is 1.78. The Hall–Kier alpha value is -2.97. The summed E-state index contributed by atoms with van der Waals surface area (Å²) in [5.74, 6) is -0.0307. The summed E-state index contributed by atoms with van der Waals surface area (Å²) in [5, 5.41) is 8.70. The molecule has 1 aromatic carbocycles. The standard InChI is InChI=1S/C25H33N5O3/c1-17-5-7-20(8-6-17)30-24-23(19(3)27-30)18(2)21(25(32)28(24)4)9-10-22(31)26-11-12-29-13-15-33-16-14-29/h5-8H,9-16H2,1-4H3,(H,26,31). The number of hydrogen-bond acceptors (Lipinski definition) is 5.